The monoisotopic (exact) mass is 409 g/mol. The number of hydrogen-bond donors (Lipinski definition) is 0. The second kappa shape index (κ2) is 7.34. The molecule has 0 radical (unpaired) electrons. The number of fused-ring (bicyclic) bond motifs is 4. The number of halogens is 2. The van der Waals surface area contributed by atoms with Crippen LogP contribution in [-0.2, 0) is 4.79 Å². The van der Waals surface area contributed by atoms with Crippen LogP contribution in [-0.4, -0.2) is 44.8 Å². The van der Waals surface area contributed by atoms with Crippen LogP contribution in [0, 0.1) is 28.6 Å². The minimum Gasteiger partial charge on any atom is -0.487 e. The first-order valence-corrected chi connectivity index (χ1v) is 9.29. The fraction of sp³-hybridized carbons (Fsp3) is 0.381. The number of carbonyl (C=O) groups excluding carboxylic acids is 1. The molecule has 2 aromatic rings. The second-order valence-corrected chi connectivity index (χ2v) is 7.73. The molecule has 152 valence electrons. The lowest BCUT2D eigenvalue weighted by molar-refractivity contribution is -0.149. The maximum absolute atomic E-state index is 13.4. The van der Waals surface area contributed by atoms with Crippen molar-refractivity contribution in [2.75, 3.05) is 6.54 Å². The fourth-order valence-electron chi connectivity index (χ4n) is 3.54. The van der Waals surface area contributed by atoms with Crippen molar-refractivity contribution < 1.29 is 18.3 Å². The summed E-state index contributed by atoms with van der Waals surface area (Å²) >= 11 is 0. The summed E-state index contributed by atoms with van der Waals surface area (Å²) in [4.78, 5) is 26.2. The molecular formula is C21H17F2N5O2. The van der Waals surface area contributed by atoms with Crippen LogP contribution >= 0.6 is 0 Å². The van der Waals surface area contributed by atoms with Crippen LogP contribution in [0.25, 0.3) is 0 Å². The highest BCUT2D eigenvalue weighted by Crippen LogP contribution is 2.46. The highest BCUT2D eigenvalue weighted by Gasteiger charge is 2.49. The van der Waals surface area contributed by atoms with Crippen LogP contribution in [0.1, 0.15) is 48.8 Å². The molecule has 4 heterocycles. The van der Waals surface area contributed by atoms with Gasteiger partial charge in [0.2, 0.25) is 11.7 Å². The molecule has 0 aromatic carbocycles. The van der Waals surface area contributed by atoms with E-state index < -0.39 is 17.7 Å². The van der Waals surface area contributed by atoms with Crippen LogP contribution < -0.4 is 4.74 Å². The Kier molecular flexibility index (Phi) is 4.83. The van der Waals surface area contributed by atoms with Crippen molar-refractivity contribution >= 4 is 5.91 Å². The molecular weight excluding hydrogens is 392 g/mol. The predicted molar refractivity (Wildman–Crippen MR) is 100 cm³/mol. The molecule has 1 amide bonds. The number of pyridine rings is 1. The number of alkyl halides is 2. The van der Waals surface area contributed by atoms with E-state index in [1.807, 2.05) is 6.07 Å². The van der Waals surface area contributed by atoms with Crippen molar-refractivity contribution in [2.45, 2.75) is 38.8 Å². The average Bonchev–Trinajstić information content (AvgIpc) is 3.09. The first-order chi connectivity index (χ1) is 14.3. The molecule has 2 aromatic heterocycles. The molecule has 1 saturated heterocycles. The van der Waals surface area contributed by atoms with Gasteiger partial charge >= 0.3 is 0 Å². The third kappa shape index (κ3) is 3.33. The van der Waals surface area contributed by atoms with Crippen molar-refractivity contribution in [3.8, 4) is 23.7 Å². The van der Waals surface area contributed by atoms with Gasteiger partial charge in [0.05, 0.1) is 23.7 Å². The summed E-state index contributed by atoms with van der Waals surface area (Å²) < 4.78 is 32.8. The molecule has 2 atom stereocenters. The van der Waals surface area contributed by atoms with Gasteiger partial charge in [0.1, 0.15) is 23.3 Å². The Bertz CT molecular complexity index is 1100. The molecule has 0 aliphatic carbocycles. The number of likely N-dealkylation sites (tertiary alicyclic amines) is 1. The number of aromatic nitrogens is 3. The number of carbonyl (C=O) groups is 1. The summed E-state index contributed by atoms with van der Waals surface area (Å²) in [6, 6.07) is 1.46. The maximum atomic E-state index is 13.4. The molecule has 7 nitrogen and oxygen atoms in total. The van der Waals surface area contributed by atoms with Crippen molar-refractivity contribution in [2.24, 2.45) is 5.41 Å². The van der Waals surface area contributed by atoms with E-state index in [9.17, 15) is 13.6 Å². The number of hydrogen-bond acceptors (Lipinski definition) is 6. The van der Waals surface area contributed by atoms with Gasteiger partial charge in [0, 0.05) is 36.8 Å². The van der Waals surface area contributed by atoms with Gasteiger partial charge in [-0.05, 0) is 13.8 Å². The highest BCUT2D eigenvalue weighted by molar-refractivity contribution is 5.83. The first kappa shape index (κ1) is 19.7. The highest BCUT2D eigenvalue weighted by atomic mass is 19.3. The zero-order valence-electron chi connectivity index (χ0n) is 16.3. The lowest BCUT2D eigenvalue weighted by atomic mass is 9.91. The number of nitriles is 1. The number of amides is 1. The Labute approximate surface area is 171 Å². The zero-order valence-corrected chi connectivity index (χ0v) is 16.3. The van der Waals surface area contributed by atoms with E-state index in [1.165, 1.54) is 31.1 Å². The topological polar surface area (TPSA) is 92.0 Å². The standard InChI is InChI=1S/C21H17F2N5O2/c1-21(2,19(22)23)20(29)28-11-14-5-16(28)15-10-25-9-13(18(15)30-14)4-3-12-7-26-17(6-24)27-8-12/h7-10,14,16,19H,5,11H2,1-2H3/t14-,16-/m0/s1. The van der Waals surface area contributed by atoms with Gasteiger partial charge in [-0.15, -0.1) is 0 Å². The third-order valence-corrected chi connectivity index (χ3v) is 5.28. The third-order valence-electron chi connectivity index (χ3n) is 5.28. The zero-order chi connectivity index (χ0) is 21.5. The smallest absolute Gasteiger partial charge is 0.252 e. The van der Waals surface area contributed by atoms with Crippen LogP contribution in [0.4, 0.5) is 8.78 Å². The predicted octanol–water partition coefficient (Wildman–Crippen LogP) is 2.47. The molecule has 2 aliphatic rings. The average molecular weight is 409 g/mol. The van der Waals surface area contributed by atoms with E-state index in [1.54, 1.807) is 12.4 Å². The van der Waals surface area contributed by atoms with Crippen LogP contribution in [0.5, 0.6) is 5.75 Å². The van der Waals surface area contributed by atoms with Gasteiger partial charge in [0.15, 0.2) is 0 Å². The Morgan fingerprint density at radius 2 is 2.00 bits per heavy atom. The Hall–Kier alpha value is -3.59. The minimum absolute atomic E-state index is 0.0516. The summed E-state index contributed by atoms with van der Waals surface area (Å²) in [5, 5.41) is 8.76. The quantitative estimate of drug-likeness (QED) is 0.708. The fourth-order valence-corrected chi connectivity index (χ4v) is 3.54. The van der Waals surface area contributed by atoms with E-state index >= 15 is 0 Å². The van der Waals surface area contributed by atoms with E-state index in [2.05, 4.69) is 26.8 Å². The minimum atomic E-state index is -2.77. The molecule has 2 aliphatic heterocycles. The van der Waals surface area contributed by atoms with E-state index in [0.717, 1.165) is 0 Å². The number of rotatable bonds is 2. The first-order valence-electron chi connectivity index (χ1n) is 9.29. The molecule has 0 saturated carbocycles. The Morgan fingerprint density at radius 3 is 2.67 bits per heavy atom. The van der Waals surface area contributed by atoms with Crippen LogP contribution in [0.2, 0.25) is 0 Å². The van der Waals surface area contributed by atoms with Gasteiger partial charge in [0.25, 0.3) is 6.43 Å². The van der Waals surface area contributed by atoms with Crippen molar-refractivity contribution in [1.82, 2.24) is 19.9 Å². The summed E-state index contributed by atoms with van der Waals surface area (Å²) in [6.45, 7) is 2.75. The molecule has 4 rings (SSSR count). The molecule has 0 spiro atoms. The molecule has 1 fully saturated rings. The number of ether oxygens (including phenoxy) is 1. The summed E-state index contributed by atoms with van der Waals surface area (Å²) in [5.74, 6) is 5.83. The molecule has 0 N–H and O–H groups in total. The van der Waals surface area contributed by atoms with Gasteiger partial charge in [-0.25, -0.2) is 18.7 Å². The SMILES string of the molecule is CC(C)(C(=O)N1C[C@@H]2C[C@H]1c1cncc(C#Cc3cnc(C#N)nc3)c1O2)C(F)F. The lowest BCUT2D eigenvalue weighted by Crippen LogP contribution is -2.44. The van der Waals surface area contributed by atoms with Crippen molar-refractivity contribution in [1.29, 1.82) is 5.26 Å². The Morgan fingerprint density at radius 1 is 1.27 bits per heavy atom. The van der Waals surface area contributed by atoms with Gasteiger partial charge in [-0.3, -0.25) is 9.78 Å². The summed E-state index contributed by atoms with van der Waals surface area (Å²) in [6.07, 6.45) is 3.50. The van der Waals surface area contributed by atoms with E-state index in [0.29, 0.717) is 28.9 Å². The van der Waals surface area contributed by atoms with Gasteiger partial charge in [-0.1, -0.05) is 11.8 Å². The van der Waals surface area contributed by atoms with E-state index in [4.69, 9.17) is 10.00 Å². The molecule has 30 heavy (non-hydrogen) atoms. The molecule has 0 unspecified atom stereocenters. The normalized spacial score (nSPS) is 19.4. The van der Waals surface area contributed by atoms with Gasteiger partial charge < -0.3 is 9.64 Å². The van der Waals surface area contributed by atoms with Crippen molar-refractivity contribution in [3.05, 3.63) is 47.3 Å². The van der Waals surface area contributed by atoms with Crippen molar-refractivity contribution in [3.63, 3.8) is 0 Å². The van der Waals surface area contributed by atoms with Crippen LogP contribution in [0.3, 0.4) is 0 Å². The van der Waals surface area contributed by atoms with Gasteiger partial charge in [-0.2, -0.15) is 5.26 Å². The Balaban J connectivity index is 1.65. The van der Waals surface area contributed by atoms with Crippen LogP contribution in [0.15, 0.2) is 24.8 Å². The second-order valence-electron chi connectivity index (χ2n) is 7.73. The molecule has 2 bridgehead atoms. The number of nitrogens with zero attached hydrogens (tertiary/aromatic N) is 5. The summed E-state index contributed by atoms with van der Waals surface area (Å²) in [5.41, 5.74) is -0.0853. The van der Waals surface area contributed by atoms with E-state index in [-0.39, 0.29) is 24.5 Å². The maximum Gasteiger partial charge on any atom is 0.252 e. The molecule has 9 heteroatoms. The largest absolute Gasteiger partial charge is 0.487 e. The summed E-state index contributed by atoms with van der Waals surface area (Å²) in [7, 11) is 0. The lowest BCUT2D eigenvalue weighted by Gasteiger charge is -2.32.